The first kappa shape index (κ1) is 17.7. The number of amides is 1. The lowest BCUT2D eigenvalue weighted by atomic mass is 10.2. The average molecular weight is 365 g/mol. The Morgan fingerprint density at radius 1 is 1.45 bits per heavy atom. The molecule has 0 N–H and O–H groups in total. The summed E-state index contributed by atoms with van der Waals surface area (Å²) in [7, 11) is -1.10. The van der Waals surface area contributed by atoms with Crippen LogP contribution in [0.15, 0.2) is 12.1 Å². The van der Waals surface area contributed by atoms with E-state index in [0.717, 1.165) is 9.21 Å². The van der Waals surface area contributed by atoms with Gasteiger partial charge in [0.15, 0.2) is 9.84 Å². The van der Waals surface area contributed by atoms with Crippen molar-refractivity contribution in [2.45, 2.75) is 25.9 Å². The highest BCUT2D eigenvalue weighted by atomic mass is 35.5. The Kier molecular flexibility index (Phi) is 5.87. The maximum absolute atomic E-state index is 12.4. The summed E-state index contributed by atoms with van der Waals surface area (Å²) in [4.78, 5) is 17.2. The van der Waals surface area contributed by atoms with E-state index in [1.165, 1.54) is 11.3 Å². The zero-order chi connectivity index (χ0) is 16.3. The van der Waals surface area contributed by atoms with Crippen molar-refractivity contribution in [2.24, 2.45) is 0 Å². The number of carbonyl (C=O) groups is 1. The molecule has 1 aromatic rings. The summed E-state index contributed by atoms with van der Waals surface area (Å²) in [6.45, 7) is 3.36. The van der Waals surface area contributed by atoms with Crippen LogP contribution in [0.5, 0.6) is 0 Å². The van der Waals surface area contributed by atoms with Crippen LogP contribution in [0, 0.1) is 0 Å². The van der Waals surface area contributed by atoms with Crippen LogP contribution in [-0.2, 0) is 21.2 Å². The van der Waals surface area contributed by atoms with Gasteiger partial charge in [-0.25, -0.2) is 8.42 Å². The molecule has 124 valence electrons. The summed E-state index contributed by atoms with van der Waals surface area (Å²) in [6.07, 6.45) is 0.548. The molecule has 0 bridgehead atoms. The van der Waals surface area contributed by atoms with E-state index in [2.05, 4.69) is 0 Å². The van der Waals surface area contributed by atoms with Gasteiger partial charge >= 0.3 is 0 Å². The van der Waals surface area contributed by atoms with E-state index in [4.69, 9.17) is 11.6 Å². The van der Waals surface area contributed by atoms with Crippen LogP contribution >= 0.6 is 22.9 Å². The molecule has 1 fully saturated rings. The lowest BCUT2D eigenvalue weighted by Crippen LogP contribution is -2.45. The summed E-state index contributed by atoms with van der Waals surface area (Å²) in [6, 6.07) is 3.63. The van der Waals surface area contributed by atoms with Crippen LogP contribution in [0.25, 0.3) is 0 Å². The highest BCUT2D eigenvalue weighted by Gasteiger charge is 2.33. The number of halogens is 1. The third-order valence-corrected chi connectivity index (χ3v) is 6.74. The van der Waals surface area contributed by atoms with Gasteiger partial charge in [0.25, 0.3) is 0 Å². The van der Waals surface area contributed by atoms with Gasteiger partial charge in [0.1, 0.15) is 0 Å². The van der Waals surface area contributed by atoms with Gasteiger partial charge < -0.3 is 4.90 Å². The Bertz CT molecular complexity index is 630. The van der Waals surface area contributed by atoms with Crippen molar-refractivity contribution >= 4 is 38.7 Å². The first-order valence-corrected chi connectivity index (χ1v) is 10.2. The molecule has 5 nitrogen and oxygen atoms in total. The molecule has 1 aliphatic rings. The van der Waals surface area contributed by atoms with Gasteiger partial charge in [-0.2, -0.15) is 0 Å². The number of carbonyl (C=O) groups excluding carboxylic acids is 1. The Balaban J connectivity index is 1.91. The number of rotatable bonds is 6. The molecular weight excluding hydrogens is 344 g/mol. The minimum atomic E-state index is -2.98. The Hall–Kier alpha value is -0.630. The highest BCUT2D eigenvalue weighted by Crippen LogP contribution is 2.22. The number of likely N-dealkylation sites (N-methyl/N-ethyl adjacent to an activating group) is 2. The molecular formula is C14H21ClN2O3S2. The fraction of sp³-hybridized carbons (Fsp3) is 0.643. The van der Waals surface area contributed by atoms with Gasteiger partial charge in [-0.05, 0) is 32.5 Å². The minimum absolute atomic E-state index is 0.0187. The molecule has 2 heterocycles. The predicted molar refractivity (Wildman–Crippen MR) is 90.1 cm³/mol. The zero-order valence-corrected chi connectivity index (χ0v) is 15.2. The van der Waals surface area contributed by atoms with E-state index in [9.17, 15) is 13.2 Å². The molecule has 0 aromatic carbocycles. The third kappa shape index (κ3) is 4.68. The van der Waals surface area contributed by atoms with Crippen molar-refractivity contribution in [1.82, 2.24) is 9.80 Å². The third-order valence-electron chi connectivity index (χ3n) is 3.77. The molecule has 8 heteroatoms. The van der Waals surface area contributed by atoms with E-state index < -0.39 is 9.84 Å². The number of hydrogen-bond donors (Lipinski definition) is 0. The molecule has 0 aliphatic carbocycles. The van der Waals surface area contributed by atoms with E-state index >= 15 is 0 Å². The predicted octanol–water partition coefficient (Wildman–Crippen LogP) is 1.87. The van der Waals surface area contributed by atoms with Gasteiger partial charge in [-0.15, -0.1) is 11.3 Å². The summed E-state index contributed by atoms with van der Waals surface area (Å²) < 4.78 is 23.9. The fourth-order valence-corrected chi connectivity index (χ4v) is 5.64. The van der Waals surface area contributed by atoms with E-state index in [-0.39, 0.29) is 30.0 Å². The highest BCUT2D eigenvalue weighted by molar-refractivity contribution is 7.91. The lowest BCUT2D eigenvalue weighted by molar-refractivity contribution is -0.133. The van der Waals surface area contributed by atoms with E-state index in [1.807, 2.05) is 31.0 Å². The van der Waals surface area contributed by atoms with Crippen molar-refractivity contribution in [1.29, 1.82) is 0 Å². The summed E-state index contributed by atoms with van der Waals surface area (Å²) in [5.74, 6) is 0.261. The minimum Gasteiger partial charge on any atom is -0.338 e. The number of hydrogen-bond acceptors (Lipinski definition) is 5. The number of thiophene rings is 1. The second-order valence-corrected chi connectivity index (χ2v) is 9.64. The average Bonchev–Trinajstić information content (AvgIpc) is 2.96. The number of nitrogens with zero attached hydrogens (tertiary/aromatic N) is 2. The van der Waals surface area contributed by atoms with Crippen LogP contribution < -0.4 is 0 Å². The van der Waals surface area contributed by atoms with Crippen LogP contribution in [0.4, 0.5) is 0 Å². The Morgan fingerprint density at radius 3 is 2.68 bits per heavy atom. The normalized spacial score (nSPS) is 20.5. The first-order valence-electron chi connectivity index (χ1n) is 7.23. The van der Waals surface area contributed by atoms with Crippen molar-refractivity contribution in [3.63, 3.8) is 0 Å². The van der Waals surface area contributed by atoms with E-state index in [1.54, 1.807) is 4.90 Å². The van der Waals surface area contributed by atoms with Crippen LogP contribution in [0.2, 0.25) is 4.34 Å². The Labute approximate surface area is 140 Å². The molecule has 0 spiro atoms. The molecule has 0 saturated carbocycles. The standard InChI is InChI=1S/C14H21ClN2O3S2/c1-3-17(11-6-7-22(19,20)10-11)14(18)9-16(2)8-12-4-5-13(15)21-12/h4-5,11H,3,6-10H2,1-2H3. The monoisotopic (exact) mass is 364 g/mol. The summed E-state index contributed by atoms with van der Waals surface area (Å²) in [5.41, 5.74) is 0. The smallest absolute Gasteiger partial charge is 0.237 e. The summed E-state index contributed by atoms with van der Waals surface area (Å²) >= 11 is 7.41. The van der Waals surface area contributed by atoms with Crippen LogP contribution in [0.1, 0.15) is 18.2 Å². The lowest BCUT2D eigenvalue weighted by Gasteiger charge is -2.28. The van der Waals surface area contributed by atoms with Gasteiger partial charge in [-0.3, -0.25) is 9.69 Å². The first-order chi connectivity index (χ1) is 10.3. The molecule has 1 saturated heterocycles. The topological polar surface area (TPSA) is 57.7 Å². The van der Waals surface area contributed by atoms with Crippen LogP contribution in [0.3, 0.4) is 0 Å². The molecule has 1 aromatic heterocycles. The largest absolute Gasteiger partial charge is 0.338 e. The quantitative estimate of drug-likeness (QED) is 0.773. The Morgan fingerprint density at radius 2 is 2.18 bits per heavy atom. The van der Waals surface area contributed by atoms with Crippen molar-refractivity contribution in [3.8, 4) is 0 Å². The summed E-state index contributed by atoms with van der Waals surface area (Å²) in [5, 5.41) is 0. The second kappa shape index (κ2) is 7.29. The van der Waals surface area contributed by atoms with Crippen molar-refractivity contribution < 1.29 is 13.2 Å². The fourth-order valence-electron chi connectivity index (χ4n) is 2.74. The van der Waals surface area contributed by atoms with Crippen molar-refractivity contribution in [2.75, 3.05) is 31.6 Å². The SMILES string of the molecule is CCN(C(=O)CN(C)Cc1ccc(Cl)s1)C1CCS(=O)(=O)C1. The molecule has 1 atom stereocenters. The van der Waals surface area contributed by atoms with Gasteiger partial charge in [-0.1, -0.05) is 11.6 Å². The molecule has 1 unspecified atom stereocenters. The molecule has 1 amide bonds. The van der Waals surface area contributed by atoms with Crippen LogP contribution in [-0.4, -0.2) is 61.8 Å². The van der Waals surface area contributed by atoms with Gasteiger partial charge in [0.2, 0.25) is 5.91 Å². The number of sulfone groups is 1. The second-order valence-electron chi connectivity index (χ2n) is 5.61. The van der Waals surface area contributed by atoms with Crippen molar-refractivity contribution in [3.05, 3.63) is 21.3 Å². The molecule has 1 aliphatic heterocycles. The van der Waals surface area contributed by atoms with Gasteiger partial charge in [0, 0.05) is 24.0 Å². The molecule has 2 rings (SSSR count). The van der Waals surface area contributed by atoms with Gasteiger partial charge in [0.05, 0.1) is 22.4 Å². The molecule has 0 radical (unpaired) electrons. The molecule has 22 heavy (non-hydrogen) atoms. The van der Waals surface area contributed by atoms with E-state index in [0.29, 0.717) is 19.5 Å². The maximum Gasteiger partial charge on any atom is 0.237 e. The maximum atomic E-state index is 12.4. The zero-order valence-electron chi connectivity index (χ0n) is 12.8.